The highest BCUT2D eigenvalue weighted by Crippen LogP contribution is 2.22. The van der Waals surface area contributed by atoms with Crippen LogP contribution in [-0.2, 0) is 0 Å². The van der Waals surface area contributed by atoms with Crippen LogP contribution in [0.1, 0.15) is 10.5 Å². The van der Waals surface area contributed by atoms with Crippen molar-refractivity contribution in [2.75, 3.05) is 5.32 Å². The second kappa shape index (κ2) is 4.37. The van der Waals surface area contributed by atoms with E-state index >= 15 is 0 Å². The molecule has 3 aromatic heterocycles. The van der Waals surface area contributed by atoms with Gasteiger partial charge in [0.25, 0.3) is 11.9 Å². The normalized spacial score (nSPS) is 10.4. The van der Waals surface area contributed by atoms with E-state index in [1.54, 1.807) is 17.4 Å². The van der Waals surface area contributed by atoms with E-state index in [0.29, 0.717) is 0 Å². The Kier molecular flexibility index (Phi) is 2.57. The lowest BCUT2D eigenvalue weighted by atomic mass is 10.3. The molecule has 9 heteroatoms. The number of hydrogen-bond acceptors (Lipinski definition) is 6. The van der Waals surface area contributed by atoms with E-state index in [4.69, 9.17) is 0 Å². The van der Waals surface area contributed by atoms with Crippen LogP contribution in [0.5, 0.6) is 0 Å². The average Bonchev–Trinajstić information content (AvgIpc) is 3.11. The molecule has 0 aliphatic rings. The van der Waals surface area contributed by atoms with Gasteiger partial charge in [-0.05, 0) is 22.7 Å². The van der Waals surface area contributed by atoms with Crippen LogP contribution in [-0.4, -0.2) is 36.7 Å². The number of thiophene rings is 1. The van der Waals surface area contributed by atoms with E-state index in [2.05, 4.69) is 36.1 Å². The molecule has 18 heavy (non-hydrogen) atoms. The van der Waals surface area contributed by atoms with Crippen molar-refractivity contribution in [3.05, 3.63) is 29.3 Å². The lowest BCUT2D eigenvalue weighted by molar-refractivity contribution is 0.102. The topological polar surface area (TPSA) is 112 Å². The molecule has 0 aromatic carbocycles. The van der Waals surface area contributed by atoms with Gasteiger partial charge in [-0.15, -0.1) is 16.4 Å². The number of amides is 1. The van der Waals surface area contributed by atoms with Gasteiger partial charge in [0.1, 0.15) is 0 Å². The first kappa shape index (κ1) is 10.6. The van der Waals surface area contributed by atoms with Crippen LogP contribution in [0.15, 0.2) is 23.6 Å². The van der Waals surface area contributed by atoms with E-state index in [-0.39, 0.29) is 11.6 Å². The number of nitrogens with zero attached hydrogens (tertiary/aromatic N) is 4. The Bertz CT molecular complexity index is 642. The monoisotopic (exact) mass is 261 g/mol. The fourth-order valence-electron chi connectivity index (χ4n) is 1.38. The molecule has 0 unspecified atom stereocenters. The minimum absolute atomic E-state index is 0.112. The number of carbonyl (C=O) groups excluding carboxylic acids is 1. The second-order valence-corrected chi connectivity index (χ2v) is 4.28. The van der Waals surface area contributed by atoms with Gasteiger partial charge in [0, 0.05) is 0 Å². The van der Waals surface area contributed by atoms with Crippen molar-refractivity contribution in [3.8, 4) is 10.6 Å². The number of aromatic nitrogens is 6. The fourth-order valence-corrected chi connectivity index (χ4v) is 2.07. The Morgan fingerprint density at radius 1 is 1.39 bits per heavy atom. The molecule has 0 aliphatic carbocycles. The van der Waals surface area contributed by atoms with E-state index in [0.717, 1.165) is 10.6 Å². The maximum atomic E-state index is 11.8. The molecule has 0 saturated heterocycles. The summed E-state index contributed by atoms with van der Waals surface area (Å²) in [7, 11) is 0. The highest BCUT2D eigenvalue weighted by Gasteiger charge is 2.13. The Morgan fingerprint density at radius 2 is 2.33 bits per heavy atom. The van der Waals surface area contributed by atoms with Crippen molar-refractivity contribution < 1.29 is 4.79 Å². The summed E-state index contributed by atoms with van der Waals surface area (Å²) in [5.74, 6) is -0.281. The zero-order chi connectivity index (χ0) is 12.4. The van der Waals surface area contributed by atoms with Crippen molar-refractivity contribution in [1.29, 1.82) is 0 Å². The second-order valence-electron chi connectivity index (χ2n) is 3.33. The molecule has 0 bridgehead atoms. The maximum absolute atomic E-state index is 11.8. The Hall–Kier alpha value is -2.55. The molecule has 0 atom stereocenters. The third-order valence-corrected chi connectivity index (χ3v) is 3.07. The smallest absolute Gasteiger partial charge is 0.278 e. The number of aromatic amines is 2. The van der Waals surface area contributed by atoms with Gasteiger partial charge in [-0.1, -0.05) is 11.2 Å². The van der Waals surface area contributed by atoms with E-state index < -0.39 is 5.91 Å². The summed E-state index contributed by atoms with van der Waals surface area (Å²) in [6, 6.07) is 5.54. The van der Waals surface area contributed by atoms with Crippen molar-refractivity contribution >= 4 is 23.2 Å². The highest BCUT2D eigenvalue weighted by atomic mass is 32.1. The molecule has 0 fully saturated rings. The highest BCUT2D eigenvalue weighted by molar-refractivity contribution is 7.13. The SMILES string of the molecule is O=C(Nc1nn[nH]n1)c1cc(-c2cccs2)[nH]n1. The third-order valence-electron chi connectivity index (χ3n) is 2.17. The van der Waals surface area contributed by atoms with E-state index in [1.807, 2.05) is 17.5 Å². The first-order chi connectivity index (χ1) is 8.83. The largest absolute Gasteiger partial charge is 0.286 e. The molecule has 3 aromatic rings. The zero-order valence-corrected chi connectivity index (χ0v) is 9.73. The Balaban J connectivity index is 1.79. The number of H-pyrrole nitrogens is 2. The summed E-state index contributed by atoms with van der Waals surface area (Å²) >= 11 is 1.56. The maximum Gasteiger partial charge on any atom is 0.278 e. The van der Waals surface area contributed by atoms with Gasteiger partial charge in [-0.25, -0.2) is 0 Å². The quantitative estimate of drug-likeness (QED) is 0.648. The molecule has 3 rings (SSSR count). The molecule has 3 N–H and O–H groups in total. The Labute approximate surface area is 104 Å². The molecule has 0 aliphatic heterocycles. The van der Waals surface area contributed by atoms with Gasteiger partial charge in [0.2, 0.25) is 0 Å². The number of carbonyl (C=O) groups is 1. The van der Waals surface area contributed by atoms with Crippen LogP contribution in [0.4, 0.5) is 5.95 Å². The molecule has 90 valence electrons. The number of anilines is 1. The number of rotatable bonds is 3. The van der Waals surface area contributed by atoms with Gasteiger partial charge in [-0.2, -0.15) is 10.3 Å². The minimum Gasteiger partial charge on any atom is -0.286 e. The van der Waals surface area contributed by atoms with Crippen molar-refractivity contribution in [2.24, 2.45) is 0 Å². The first-order valence-electron chi connectivity index (χ1n) is 4.97. The molecule has 0 radical (unpaired) electrons. The Morgan fingerprint density at radius 3 is 3.06 bits per heavy atom. The van der Waals surface area contributed by atoms with Crippen LogP contribution in [0, 0.1) is 0 Å². The van der Waals surface area contributed by atoms with Crippen LogP contribution >= 0.6 is 11.3 Å². The van der Waals surface area contributed by atoms with E-state index in [9.17, 15) is 4.79 Å². The molecule has 8 nitrogen and oxygen atoms in total. The van der Waals surface area contributed by atoms with Crippen molar-refractivity contribution in [2.45, 2.75) is 0 Å². The van der Waals surface area contributed by atoms with Crippen molar-refractivity contribution in [1.82, 2.24) is 30.8 Å². The number of tetrazole rings is 1. The van der Waals surface area contributed by atoms with Gasteiger partial charge < -0.3 is 0 Å². The summed E-state index contributed by atoms with van der Waals surface area (Å²) < 4.78 is 0. The van der Waals surface area contributed by atoms with Gasteiger partial charge >= 0.3 is 0 Å². The lowest BCUT2D eigenvalue weighted by Crippen LogP contribution is -2.13. The summed E-state index contributed by atoms with van der Waals surface area (Å²) in [4.78, 5) is 12.8. The summed E-state index contributed by atoms with van der Waals surface area (Å²) in [5.41, 5.74) is 1.06. The fraction of sp³-hybridized carbons (Fsp3) is 0. The standard InChI is InChI=1S/C9H7N7OS/c17-8(10-9-13-15-16-14-9)6-4-5(11-12-6)7-2-1-3-18-7/h1-4H,(H,11,12)(H2,10,13,14,15,16,17). The summed E-state index contributed by atoms with van der Waals surface area (Å²) in [5, 5.41) is 24.0. The van der Waals surface area contributed by atoms with E-state index in [1.165, 1.54) is 0 Å². The van der Waals surface area contributed by atoms with Gasteiger partial charge in [0.05, 0.1) is 10.6 Å². The average molecular weight is 261 g/mol. The van der Waals surface area contributed by atoms with Crippen LogP contribution in [0.2, 0.25) is 0 Å². The van der Waals surface area contributed by atoms with Crippen LogP contribution in [0.25, 0.3) is 10.6 Å². The first-order valence-corrected chi connectivity index (χ1v) is 5.85. The van der Waals surface area contributed by atoms with Gasteiger partial charge in [0.15, 0.2) is 5.69 Å². The van der Waals surface area contributed by atoms with Crippen LogP contribution in [0.3, 0.4) is 0 Å². The van der Waals surface area contributed by atoms with Crippen molar-refractivity contribution in [3.63, 3.8) is 0 Å². The van der Waals surface area contributed by atoms with Crippen LogP contribution < -0.4 is 5.32 Å². The predicted octanol–water partition coefficient (Wildman–Crippen LogP) is 0.904. The lowest BCUT2D eigenvalue weighted by Gasteiger charge is -1.94. The van der Waals surface area contributed by atoms with Gasteiger partial charge in [-0.3, -0.25) is 15.2 Å². The molecule has 0 spiro atoms. The number of hydrogen-bond donors (Lipinski definition) is 3. The predicted molar refractivity (Wildman–Crippen MR) is 64.0 cm³/mol. The molecule has 0 saturated carbocycles. The summed E-state index contributed by atoms with van der Waals surface area (Å²) in [6.45, 7) is 0. The molecular weight excluding hydrogens is 254 g/mol. The molecule has 1 amide bonds. The zero-order valence-electron chi connectivity index (χ0n) is 8.91. The molecular formula is C9H7N7OS. The minimum atomic E-state index is -0.393. The summed E-state index contributed by atoms with van der Waals surface area (Å²) in [6.07, 6.45) is 0. The number of nitrogens with one attached hydrogen (secondary N) is 3. The molecule has 3 heterocycles. The third kappa shape index (κ3) is 1.98.